The van der Waals surface area contributed by atoms with Gasteiger partial charge in [0, 0.05) is 25.8 Å². The second-order valence-electron chi connectivity index (χ2n) is 4.81. The van der Waals surface area contributed by atoms with Gasteiger partial charge in [-0.25, -0.2) is 4.98 Å². The molecule has 0 aromatic carbocycles. The van der Waals surface area contributed by atoms with E-state index in [1.165, 1.54) is 24.9 Å². The SMILES string of the molecule is CCNCc1ccnc(N2CCC(CC)C2)c1. The van der Waals surface area contributed by atoms with Crippen LogP contribution in [0.3, 0.4) is 0 Å². The number of aromatic nitrogens is 1. The highest BCUT2D eigenvalue weighted by Gasteiger charge is 2.21. The Labute approximate surface area is 104 Å². The Morgan fingerprint density at radius 3 is 3.06 bits per heavy atom. The standard InChI is InChI=1S/C14H23N3/c1-3-12-6-8-17(11-12)14-9-13(5-7-16-14)10-15-4-2/h5,7,9,12,15H,3-4,6,8,10-11H2,1-2H3. The highest BCUT2D eigenvalue weighted by atomic mass is 15.2. The van der Waals surface area contributed by atoms with Crippen molar-refractivity contribution < 1.29 is 0 Å². The van der Waals surface area contributed by atoms with E-state index in [0.29, 0.717) is 0 Å². The molecule has 1 aliphatic rings. The highest BCUT2D eigenvalue weighted by molar-refractivity contribution is 5.42. The maximum atomic E-state index is 4.50. The zero-order chi connectivity index (χ0) is 12.1. The van der Waals surface area contributed by atoms with Gasteiger partial charge >= 0.3 is 0 Å². The monoisotopic (exact) mass is 233 g/mol. The zero-order valence-corrected chi connectivity index (χ0v) is 10.9. The number of anilines is 1. The minimum absolute atomic E-state index is 0.856. The van der Waals surface area contributed by atoms with Crippen LogP contribution >= 0.6 is 0 Å². The lowest BCUT2D eigenvalue weighted by Crippen LogP contribution is -2.21. The van der Waals surface area contributed by atoms with Crippen molar-refractivity contribution in [1.82, 2.24) is 10.3 Å². The third kappa shape index (κ3) is 3.19. The third-order valence-electron chi connectivity index (χ3n) is 3.58. The van der Waals surface area contributed by atoms with Crippen LogP contribution in [0.15, 0.2) is 18.3 Å². The Bertz CT molecular complexity index is 351. The Balaban J connectivity index is 2.01. The Morgan fingerprint density at radius 1 is 1.47 bits per heavy atom. The maximum Gasteiger partial charge on any atom is 0.128 e. The van der Waals surface area contributed by atoms with E-state index < -0.39 is 0 Å². The number of hydrogen-bond acceptors (Lipinski definition) is 3. The molecule has 1 fully saturated rings. The van der Waals surface area contributed by atoms with Gasteiger partial charge in [-0.2, -0.15) is 0 Å². The van der Waals surface area contributed by atoms with Crippen LogP contribution in [0.4, 0.5) is 5.82 Å². The molecule has 0 amide bonds. The van der Waals surface area contributed by atoms with Crippen LogP contribution in [-0.2, 0) is 6.54 Å². The minimum atomic E-state index is 0.856. The molecule has 0 bridgehead atoms. The molecule has 0 aliphatic carbocycles. The summed E-state index contributed by atoms with van der Waals surface area (Å²) >= 11 is 0. The van der Waals surface area contributed by atoms with E-state index in [-0.39, 0.29) is 0 Å². The van der Waals surface area contributed by atoms with E-state index >= 15 is 0 Å². The van der Waals surface area contributed by atoms with Gasteiger partial charge in [-0.15, -0.1) is 0 Å². The summed E-state index contributed by atoms with van der Waals surface area (Å²) in [6, 6.07) is 4.32. The molecular weight excluding hydrogens is 210 g/mol. The van der Waals surface area contributed by atoms with Crippen LogP contribution in [0.25, 0.3) is 0 Å². The molecule has 3 nitrogen and oxygen atoms in total. The molecule has 1 N–H and O–H groups in total. The molecule has 1 aromatic heterocycles. The van der Waals surface area contributed by atoms with Crippen molar-refractivity contribution in [2.75, 3.05) is 24.5 Å². The van der Waals surface area contributed by atoms with Crippen LogP contribution in [0.2, 0.25) is 0 Å². The van der Waals surface area contributed by atoms with Gasteiger partial charge in [0.1, 0.15) is 5.82 Å². The minimum Gasteiger partial charge on any atom is -0.356 e. The van der Waals surface area contributed by atoms with E-state index in [4.69, 9.17) is 0 Å². The normalized spacial score (nSPS) is 19.9. The van der Waals surface area contributed by atoms with Crippen LogP contribution in [0.5, 0.6) is 0 Å². The predicted octanol–water partition coefficient (Wildman–Crippen LogP) is 2.43. The molecule has 1 saturated heterocycles. The summed E-state index contributed by atoms with van der Waals surface area (Å²) < 4.78 is 0. The lowest BCUT2D eigenvalue weighted by molar-refractivity contribution is 0.568. The van der Waals surface area contributed by atoms with Crippen molar-refractivity contribution in [2.45, 2.75) is 33.2 Å². The van der Waals surface area contributed by atoms with E-state index in [0.717, 1.165) is 31.4 Å². The van der Waals surface area contributed by atoms with Crippen molar-refractivity contribution >= 4 is 5.82 Å². The quantitative estimate of drug-likeness (QED) is 0.846. The number of nitrogens with one attached hydrogen (secondary N) is 1. The van der Waals surface area contributed by atoms with Crippen molar-refractivity contribution in [2.24, 2.45) is 5.92 Å². The van der Waals surface area contributed by atoms with Crippen LogP contribution in [-0.4, -0.2) is 24.6 Å². The first-order valence-corrected chi connectivity index (χ1v) is 6.74. The smallest absolute Gasteiger partial charge is 0.128 e. The highest BCUT2D eigenvalue weighted by Crippen LogP contribution is 2.24. The van der Waals surface area contributed by atoms with E-state index in [1.54, 1.807) is 0 Å². The molecule has 2 rings (SSSR count). The van der Waals surface area contributed by atoms with Crippen molar-refractivity contribution in [1.29, 1.82) is 0 Å². The number of pyridine rings is 1. The first-order valence-electron chi connectivity index (χ1n) is 6.74. The number of nitrogens with zero attached hydrogens (tertiary/aromatic N) is 2. The Morgan fingerprint density at radius 2 is 2.35 bits per heavy atom. The summed E-state index contributed by atoms with van der Waals surface area (Å²) in [6.07, 6.45) is 4.53. The van der Waals surface area contributed by atoms with Gasteiger partial charge in [-0.05, 0) is 36.6 Å². The van der Waals surface area contributed by atoms with Crippen LogP contribution < -0.4 is 10.2 Å². The molecule has 0 spiro atoms. The molecule has 0 saturated carbocycles. The summed E-state index contributed by atoms with van der Waals surface area (Å²) in [5, 5.41) is 3.36. The molecule has 3 heteroatoms. The number of hydrogen-bond donors (Lipinski definition) is 1. The molecule has 1 aromatic rings. The fourth-order valence-corrected chi connectivity index (χ4v) is 2.39. The second kappa shape index (κ2) is 6.01. The summed E-state index contributed by atoms with van der Waals surface area (Å²) in [4.78, 5) is 6.92. The summed E-state index contributed by atoms with van der Waals surface area (Å²) in [5.74, 6) is 2.01. The lowest BCUT2D eigenvalue weighted by atomic mass is 10.1. The zero-order valence-electron chi connectivity index (χ0n) is 10.9. The third-order valence-corrected chi connectivity index (χ3v) is 3.58. The van der Waals surface area contributed by atoms with Crippen LogP contribution in [0, 0.1) is 5.92 Å². The second-order valence-corrected chi connectivity index (χ2v) is 4.81. The summed E-state index contributed by atoms with van der Waals surface area (Å²) in [5.41, 5.74) is 1.33. The molecule has 2 heterocycles. The molecule has 94 valence electrons. The Hall–Kier alpha value is -1.09. The van der Waals surface area contributed by atoms with Crippen molar-refractivity contribution in [3.63, 3.8) is 0 Å². The number of rotatable bonds is 5. The van der Waals surface area contributed by atoms with Gasteiger partial charge < -0.3 is 10.2 Å². The fraction of sp³-hybridized carbons (Fsp3) is 0.643. The molecule has 0 radical (unpaired) electrons. The maximum absolute atomic E-state index is 4.50. The van der Waals surface area contributed by atoms with Crippen molar-refractivity contribution in [3.8, 4) is 0 Å². The molecular formula is C14H23N3. The average molecular weight is 233 g/mol. The predicted molar refractivity (Wildman–Crippen MR) is 72.2 cm³/mol. The van der Waals surface area contributed by atoms with Crippen molar-refractivity contribution in [3.05, 3.63) is 23.9 Å². The lowest BCUT2D eigenvalue weighted by Gasteiger charge is -2.18. The fourth-order valence-electron chi connectivity index (χ4n) is 2.39. The Kier molecular flexibility index (Phi) is 4.37. The summed E-state index contributed by atoms with van der Waals surface area (Å²) in [6.45, 7) is 8.71. The topological polar surface area (TPSA) is 28.2 Å². The molecule has 1 unspecified atom stereocenters. The van der Waals surface area contributed by atoms with E-state index in [1.807, 2.05) is 6.20 Å². The average Bonchev–Trinajstić information content (AvgIpc) is 2.85. The molecule has 1 aliphatic heterocycles. The van der Waals surface area contributed by atoms with Gasteiger partial charge in [-0.3, -0.25) is 0 Å². The van der Waals surface area contributed by atoms with Gasteiger partial charge in [0.05, 0.1) is 0 Å². The molecule has 17 heavy (non-hydrogen) atoms. The van der Waals surface area contributed by atoms with Gasteiger partial charge in [-0.1, -0.05) is 20.3 Å². The van der Waals surface area contributed by atoms with E-state index in [2.05, 4.69) is 41.2 Å². The first kappa shape index (κ1) is 12.4. The van der Waals surface area contributed by atoms with Gasteiger partial charge in [0.15, 0.2) is 0 Å². The van der Waals surface area contributed by atoms with Crippen LogP contribution in [0.1, 0.15) is 32.3 Å². The first-order chi connectivity index (χ1) is 8.33. The summed E-state index contributed by atoms with van der Waals surface area (Å²) in [7, 11) is 0. The van der Waals surface area contributed by atoms with Gasteiger partial charge in [0.2, 0.25) is 0 Å². The van der Waals surface area contributed by atoms with E-state index in [9.17, 15) is 0 Å². The molecule has 1 atom stereocenters. The largest absolute Gasteiger partial charge is 0.356 e. The van der Waals surface area contributed by atoms with Gasteiger partial charge in [0.25, 0.3) is 0 Å².